The maximum Gasteiger partial charge on any atom is 0.408 e. The zero-order valence-corrected chi connectivity index (χ0v) is 22.2. The number of H-pyrrole nitrogens is 1. The van der Waals surface area contributed by atoms with Gasteiger partial charge in [0, 0.05) is 29.1 Å². The van der Waals surface area contributed by atoms with E-state index in [1.54, 1.807) is 0 Å². The average Bonchev–Trinajstić information content (AvgIpc) is 3.42. The number of hydrogen-bond acceptors (Lipinski definition) is 5. The predicted molar refractivity (Wildman–Crippen MR) is 160 cm³/mol. The van der Waals surface area contributed by atoms with Crippen LogP contribution in [0.25, 0.3) is 21.7 Å². The number of aromatic nitrogens is 1. The van der Waals surface area contributed by atoms with Crippen molar-refractivity contribution in [3.05, 3.63) is 114 Å². The minimum absolute atomic E-state index is 0.0771. The third kappa shape index (κ3) is 6.72. The summed E-state index contributed by atoms with van der Waals surface area (Å²) in [5, 5.41) is 9.74. The molecule has 1 heterocycles. The second-order valence-corrected chi connectivity index (χ2v) is 9.25. The number of ether oxygens (including phenoxy) is 2. The number of nitrogens with one attached hydrogen (secondary N) is 3. The summed E-state index contributed by atoms with van der Waals surface area (Å²) in [7, 11) is 0. The fourth-order valence-electron chi connectivity index (χ4n) is 4.53. The van der Waals surface area contributed by atoms with Crippen LogP contribution in [-0.2, 0) is 22.6 Å². The molecule has 5 aromatic rings. The molecular formula is C33H28N4O4. The monoisotopic (exact) mass is 544 g/mol. The van der Waals surface area contributed by atoms with Crippen molar-refractivity contribution in [1.29, 1.82) is 0 Å². The molecule has 8 nitrogen and oxygen atoms in total. The van der Waals surface area contributed by atoms with Gasteiger partial charge in [0.15, 0.2) is 0 Å². The minimum Gasteiger partial charge on any atom is -0.480 e. The first-order chi connectivity index (χ1) is 20.1. The molecular weight excluding hydrogens is 516 g/mol. The van der Waals surface area contributed by atoms with Gasteiger partial charge in [0.2, 0.25) is 0 Å². The van der Waals surface area contributed by atoms with Gasteiger partial charge in [0.25, 0.3) is 5.91 Å². The maximum atomic E-state index is 13.4. The number of terminal acetylenes is 1. The van der Waals surface area contributed by atoms with Gasteiger partial charge in [-0.25, -0.2) is 10.2 Å². The Labute approximate surface area is 237 Å². The fraction of sp³-hybridized carbons (Fsp3) is 0.121. The molecule has 1 aromatic heterocycles. The normalized spacial score (nSPS) is 11.7. The largest absolute Gasteiger partial charge is 0.480 e. The lowest BCUT2D eigenvalue weighted by Gasteiger charge is -2.17. The molecule has 0 saturated carbocycles. The molecule has 2 amide bonds. The van der Waals surface area contributed by atoms with E-state index in [1.807, 2.05) is 97.2 Å². The van der Waals surface area contributed by atoms with Gasteiger partial charge in [0.05, 0.1) is 6.21 Å². The highest BCUT2D eigenvalue weighted by atomic mass is 16.5. The number of aromatic amines is 1. The van der Waals surface area contributed by atoms with E-state index in [0.717, 1.165) is 32.8 Å². The molecule has 0 aliphatic heterocycles. The highest BCUT2D eigenvalue weighted by Crippen LogP contribution is 2.26. The van der Waals surface area contributed by atoms with Crippen molar-refractivity contribution in [2.24, 2.45) is 5.10 Å². The molecule has 0 radical (unpaired) electrons. The van der Waals surface area contributed by atoms with Crippen molar-refractivity contribution in [2.45, 2.75) is 19.1 Å². The number of amides is 2. The molecule has 4 aromatic carbocycles. The molecule has 41 heavy (non-hydrogen) atoms. The van der Waals surface area contributed by atoms with E-state index >= 15 is 0 Å². The molecule has 5 rings (SSSR count). The van der Waals surface area contributed by atoms with Crippen molar-refractivity contribution in [2.75, 3.05) is 6.61 Å². The molecule has 0 fully saturated rings. The average molecular weight is 545 g/mol. The number of hydrazone groups is 1. The molecule has 1 atom stereocenters. The number of alkyl carbamates (subject to hydrolysis) is 1. The van der Waals surface area contributed by atoms with Crippen LogP contribution < -0.4 is 15.5 Å². The molecule has 0 unspecified atom stereocenters. The number of benzene rings is 4. The summed E-state index contributed by atoms with van der Waals surface area (Å²) in [5.74, 6) is 2.50. The van der Waals surface area contributed by atoms with E-state index in [4.69, 9.17) is 15.9 Å². The number of nitrogens with zero attached hydrogens (tertiary/aromatic N) is 1. The molecule has 3 N–H and O–H groups in total. The smallest absolute Gasteiger partial charge is 0.408 e. The Morgan fingerprint density at radius 2 is 1.71 bits per heavy atom. The molecule has 204 valence electrons. The van der Waals surface area contributed by atoms with Crippen LogP contribution in [0, 0.1) is 12.3 Å². The van der Waals surface area contributed by atoms with Gasteiger partial charge in [-0.1, -0.05) is 84.8 Å². The van der Waals surface area contributed by atoms with Crippen LogP contribution in [0.2, 0.25) is 0 Å². The first kappa shape index (κ1) is 27.0. The molecule has 0 aliphatic carbocycles. The number of hydrogen-bond donors (Lipinski definition) is 3. The number of carbonyl (C=O) groups is 2. The highest BCUT2D eigenvalue weighted by Gasteiger charge is 2.23. The number of fused-ring (bicyclic) bond motifs is 2. The van der Waals surface area contributed by atoms with Crippen molar-refractivity contribution in [3.63, 3.8) is 0 Å². The van der Waals surface area contributed by atoms with Gasteiger partial charge in [-0.2, -0.15) is 5.10 Å². The van der Waals surface area contributed by atoms with E-state index in [2.05, 4.69) is 26.7 Å². The summed E-state index contributed by atoms with van der Waals surface area (Å²) in [6, 6.07) is 27.6. The molecule has 0 saturated heterocycles. The maximum absolute atomic E-state index is 13.4. The standard InChI is InChI=1S/C33H28N4O4/c1-2-18-40-31-17-16-24-12-6-7-13-26(24)28(31)21-35-37-32(38)30(19-25-20-34-29-15-9-8-14-27(25)29)36-33(39)41-22-23-10-4-3-5-11-23/h1,3-17,20-21,30,34H,18-19,22H2,(H,36,39)(H,37,38)/b35-21-/t30-/m0/s1. The van der Waals surface area contributed by atoms with Crippen LogP contribution >= 0.6 is 0 Å². The predicted octanol–water partition coefficient (Wildman–Crippen LogP) is 5.32. The Morgan fingerprint density at radius 3 is 2.54 bits per heavy atom. The van der Waals surface area contributed by atoms with Gasteiger partial charge >= 0.3 is 6.09 Å². The number of rotatable bonds is 10. The molecule has 0 bridgehead atoms. The second-order valence-electron chi connectivity index (χ2n) is 9.25. The van der Waals surface area contributed by atoms with Gasteiger partial charge in [0.1, 0.15) is 25.0 Å². The fourth-order valence-corrected chi connectivity index (χ4v) is 4.53. The lowest BCUT2D eigenvalue weighted by atomic mass is 10.0. The summed E-state index contributed by atoms with van der Waals surface area (Å²) < 4.78 is 11.1. The van der Waals surface area contributed by atoms with Crippen LogP contribution in [0.1, 0.15) is 16.7 Å². The Kier molecular flexibility index (Phi) is 8.57. The minimum atomic E-state index is -0.959. The number of para-hydroxylation sites is 1. The first-order valence-electron chi connectivity index (χ1n) is 13.1. The summed E-state index contributed by atoms with van der Waals surface area (Å²) >= 11 is 0. The van der Waals surface area contributed by atoms with Crippen LogP contribution in [-0.4, -0.2) is 35.8 Å². The van der Waals surface area contributed by atoms with Crippen LogP contribution in [0.3, 0.4) is 0 Å². The van der Waals surface area contributed by atoms with Crippen molar-refractivity contribution in [3.8, 4) is 18.1 Å². The quantitative estimate of drug-likeness (QED) is 0.126. The molecule has 0 spiro atoms. The third-order valence-corrected chi connectivity index (χ3v) is 6.53. The topological polar surface area (TPSA) is 105 Å². The molecule has 0 aliphatic rings. The molecule has 8 heteroatoms. The first-order valence-corrected chi connectivity index (χ1v) is 13.1. The van der Waals surface area contributed by atoms with Gasteiger partial charge in [-0.3, -0.25) is 4.79 Å². The highest BCUT2D eigenvalue weighted by molar-refractivity contribution is 6.03. The zero-order chi connectivity index (χ0) is 28.4. The van der Waals surface area contributed by atoms with Crippen molar-refractivity contribution >= 4 is 39.9 Å². The van der Waals surface area contributed by atoms with Crippen LogP contribution in [0.15, 0.2) is 102 Å². The SMILES string of the molecule is C#CCOc1ccc2ccccc2c1/C=N\NC(=O)[C@H](Cc1c[nH]c2ccccc12)NC(=O)OCc1ccccc1. The Morgan fingerprint density at radius 1 is 0.951 bits per heavy atom. The van der Waals surface area contributed by atoms with E-state index in [-0.39, 0.29) is 19.6 Å². The summed E-state index contributed by atoms with van der Waals surface area (Å²) in [6.07, 6.45) is 8.24. The Hall–Kier alpha value is -5.55. The van der Waals surface area contributed by atoms with Crippen molar-refractivity contribution in [1.82, 2.24) is 15.7 Å². The van der Waals surface area contributed by atoms with Crippen LogP contribution in [0.4, 0.5) is 4.79 Å². The van der Waals surface area contributed by atoms with E-state index < -0.39 is 18.0 Å². The summed E-state index contributed by atoms with van der Waals surface area (Å²) in [6.45, 7) is 0.168. The van der Waals surface area contributed by atoms with Crippen molar-refractivity contribution < 1.29 is 19.1 Å². The van der Waals surface area contributed by atoms with E-state index in [9.17, 15) is 9.59 Å². The lowest BCUT2D eigenvalue weighted by Crippen LogP contribution is -2.47. The zero-order valence-electron chi connectivity index (χ0n) is 22.2. The third-order valence-electron chi connectivity index (χ3n) is 6.53. The van der Waals surface area contributed by atoms with Gasteiger partial charge in [-0.15, -0.1) is 6.42 Å². The van der Waals surface area contributed by atoms with E-state index in [1.165, 1.54) is 6.21 Å². The van der Waals surface area contributed by atoms with Gasteiger partial charge < -0.3 is 19.8 Å². The lowest BCUT2D eigenvalue weighted by molar-refractivity contribution is -0.123. The summed E-state index contributed by atoms with van der Waals surface area (Å²) in [5.41, 5.74) is 5.88. The van der Waals surface area contributed by atoms with Gasteiger partial charge in [-0.05, 0) is 34.0 Å². The number of carbonyl (C=O) groups excluding carboxylic acids is 2. The summed E-state index contributed by atoms with van der Waals surface area (Å²) in [4.78, 5) is 29.3. The van der Waals surface area contributed by atoms with E-state index in [0.29, 0.717) is 11.3 Å². The van der Waals surface area contributed by atoms with Crippen LogP contribution in [0.5, 0.6) is 5.75 Å². The Bertz CT molecular complexity index is 1740. The second kappa shape index (κ2) is 13.0. The Balaban J connectivity index is 1.35.